The number of hydrogen-bond donors (Lipinski definition) is 3. The van der Waals surface area contributed by atoms with Crippen LogP contribution in [0.4, 0.5) is 13.2 Å². The van der Waals surface area contributed by atoms with Crippen LogP contribution in [0.15, 0.2) is 36.6 Å². The summed E-state index contributed by atoms with van der Waals surface area (Å²) in [5, 5.41) is 12.5. The van der Waals surface area contributed by atoms with E-state index in [0.29, 0.717) is 41.4 Å². The molecule has 0 aromatic rings. The number of nitrogens with zero attached hydrogens (tertiary/aromatic N) is 1. The Balaban J connectivity index is 0.00000103. The molecule has 9 heteroatoms. The molecule has 0 spiro atoms. The van der Waals surface area contributed by atoms with E-state index in [1.165, 1.54) is 12.8 Å². The molecule has 1 heterocycles. The van der Waals surface area contributed by atoms with Crippen molar-refractivity contribution in [1.82, 2.24) is 15.5 Å². The second-order valence-electron chi connectivity index (χ2n) is 9.42. The van der Waals surface area contributed by atoms with Gasteiger partial charge in [0.15, 0.2) is 0 Å². The molecule has 1 aliphatic heterocycles. The minimum Gasteiger partial charge on any atom is -0.400 e. The molecule has 0 bridgehead atoms. The van der Waals surface area contributed by atoms with Gasteiger partial charge in [-0.15, -0.1) is 0 Å². The van der Waals surface area contributed by atoms with Gasteiger partial charge in [0.25, 0.3) is 0 Å². The summed E-state index contributed by atoms with van der Waals surface area (Å²) in [5.41, 5.74) is -0.872. The average Bonchev–Trinajstić information content (AvgIpc) is 3.17. The number of aliphatic hydroxyl groups excluding tert-OH is 1. The predicted molar refractivity (Wildman–Crippen MR) is 130 cm³/mol. The number of halogens is 3. The molecule has 1 amide bonds. The Morgan fingerprint density at radius 3 is 2.23 bits per heavy atom. The van der Waals surface area contributed by atoms with Crippen LogP contribution in [0.2, 0.25) is 0 Å². The first-order valence-corrected chi connectivity index (χ1v) is 12.5. The number of aliphatic hydroxyl groups is 1. The Bertz CT molecular complexity index is 768. The Kier molecular flexibility index (Phi) is 11.2. The number of amides is 1. The molecule has 198 valence electrons. The highest BCUT2D eigenvalue weighted by Crippen LogP contribution is 2.54. The van der Waals surface area contributed by atoms with Gasteiger partial charge in [0, 0.05) is 45.3 Å². The van der Waals surface area contributed by atoms with Gasteiger partial charge in [-0.3, -0.25) is 14.5 Å². The molecule has 3 aliphatic carbocycles. The Hall–Kier alpha value is -1.97. The Morgan fingerprint density at radius 2 is 1.71 bits per heavy atom. The van der Waals surface area contributed by atoms with Gasteiger partial charge in [0.05, 0.1) is 12.1 Å². The van der Waals surface area contributed by atoms with Gasteiger partial charge in [-0.1, -0.05) is 32.6 Å². The third-order valence-corrected chi connectivity index (χ3v) is 7.51. The van der Waals surface area contributed by atoms with Gasteiger partial charge >= 0.3 is 6.18 Å². The van der Waals surface area contributed by atoms with Crippen molar-refractivity contribution in [2.45, 2.75) is 51.7 Å². The minimum absolute atomic E-state index is 0.0799. The molecule has 0 aromatic carbocycles. The average molecular weight is 500 g/mol. The number of carbonyl (C=O) groups excluding carboxylic acids is 2. The fourth-order valence-corrected chi connectivity index (χ4v) is 5.93. The number of hydrogen-bond acceptors (Lipinski definition) is 5. The SMILES string of the molecule is C=C/C=C(\C=C\NC(=O)CNCC1C2CN(C3CC4CC(=O)CC4C3)CC12)C(F)(F)F.CC.CO. The quantitative estimate of drug-likeness (QED) is 0.446. The van der Waals surface area contributed by atoms with Crippen LogP contribution in [-0.4, -0.2) is 67.2 Å². The van der Waals surface area contributed by atoms with Crippen LogP contribution in [0.3, 0.4) is 0 Å². The summed E-state index contributed by atoms with van der Waals surface area (Å²) >= 11 is 0. The van der Waals surface area contributed by atoms with Crippen LogP contribution < -0.4 is 10.6 Å². The van der Waals surface area contributed by atoms with E-state index in [0.717, 1.165) is 64.0 Å². The number of allylic oxidation sites excluding steroid dienone is 4. The molecule has 0 aromatic heterocycles. The van der Waals surface area contributed by atoms with Gasteiger partial charge in [0.2, 0.25) is 5.91 Å². The molecule has 4 fully saturated rings. The number of nitrogens with one attached hydrogen (secondary N) is 2. The van der Waals surface area contributed by atoms with Crippen molar-refractivity contribution in [2.24, 2.45) is 29.6 Å². The molecule has 1 saturated heterocycles. The van der Waals surface area contributed by atoms with Crippen LogP contribution >= 0.6 is 0 Å². The number of fused-ring (bicyclic) bond motifs is 2. The maximum absolute atomic E-state index is 12.7. The third kappa shape index (κ3) is 7.75. The van der Waals surface area contributed by atoms with Crippen LogP contribution in [0.25, 0.3) is 0 Å². The Labute approximate surface area is 206 Å². The van der Waals surface area contributed by atoms with Crippen molar-refractivity contribution in [3.8, 4) is 0 Å². The summed E-state index contributed by atoms with van der Waals surface area (Å²) in [6.07, 6.45) is 3.18. The first-order valence-electron chi connectivity index (χ1n) is 12.5. The van der Waals surface area contributed by atoms with Crippen molar-refractivity contribution in [2.75, 3.05) is 33.3 Å². The van der Waals surface area contributed by atoms with E-state index in [2.05, 4.69) is 22.1 Å². The lowest BCUT2D eigenvalue weighted by molar-refractivity contribution is -0.119. The highest BCUT2D eigenvalue weighted by Gasteiger charge is 2.57. The van der Waals surface area contributed by atoms with Gasteiger partial charge in [-0.25, -0.2) is 0 Å². The van der Waals surface area contributed by atoms with Crippen molar-refractivity contribution in [1.29, 1.82) is 0 Å². The Morgan fingerprint density at radius 1 is 1.14 bits per heavy atom. The highest BCUT2D eigenvalue weighted by molar-refractivity contribution is 5.81. The number of alkyl halides is 3. The van der Waals surface area contributed by atoms with E-state index in [9.17, 15) is 22.8 Å². The van der Waals surface area contributed by atoms with E-state index in [4.69, 9.17) is 5.11 Å². The normalized spacial score (nSPS) is 31.7. The second kappa shape index (κ2) is 13.4. The number of likely N-dealkylation sites (tertiary alicyclic amines) is 1. The molecule has 4 unspecified atom stereocenters. The van der Waals surface area contributed by atoms with E-state index in [1.54, 1.807) is 0 Å². The van der Waals surface area contributed by atoms with Gasteiger partial charge in [-0.2, -0.15) is 13.2 Å². The zero-order chi connectivity index (χ0) is 26.2. The molecule has 3 saturated carbocycles. The summed E-state index contributed by atoms with van der Waals surface area (Å²) in [5.74, 6) is 3.23. The van der Waals surface area contributed by atoms with Crippen LogP contribution in [0.1, 0.15) is 39.5 Å². The highest BCUT2D eigenvalue weighted by atomic mass is 19.4. The maximum Gasteiger partial charge on any atom is 0.416 e. The minimum atomic E-state index is -4.49. The monoisotopic (exact) mass is 499 g/mol. The summed E-state index contributed by atoms with van der Waals surface area (Å²) < 4.78 is 38.2. The van der Waals surface area contributed by atoms with Crippen molar-refractivity contribution < 1.29 is 27.9 Å². The lowest BCUT2D eigenvalue weighted by Crippen LogP contribution is -2.37. The zero-order valence-electron chi connectivity index (χ0n) is 21.0. The maximum atomic E-state index is 12.7. The molecule has 3 N–H and O–H groups in total. The summed E-state index contributed by atoms with van der Waals surface area (Å²) in [6, 6.07) is 0.638. The molecule has 0 radical (unpaired) electrons. The fourth-order valence-electron chi connectivity index (χ4n) is 5.93. The molecule has 6 nitrogen and oxygen atoms in total. The second-order valence-corrected chi connectivity index (χ2v) is 9.42. The first kappa shape index (κ1) is 29.3. The van der Waals surface area contributed by atoms with Gasteiger partial charge < -0.3 is 15.7 Å². The summed E-state index contributed by atoms with van der Waals surface area (Å²) in [6.45, 7) is 10.3. The van der Waals surface area contributed by atoms with Crippen molar-refractivity contribution in [3.63, 3.8) is 0 Å². The lowest BCUT2D eigenvalue weighted by atomic mass is 10.0. The van der Waals surface area contributed by atoms with Crippen molar-refractivity contribution >= 4 is 11.7 Å². The lowest BCUT2D eigenvalue weighted by Gasteiger charge is -2.27. The number of Topliss-reactive ketones (excluding diaryl/α,β-unsaturated/α-hetero) is 1. The van der Waals surface area contributed by atoms with Crippen molar-refractivity contribution in [3.05, 3.63) is 36.6 Å². The van der Waals surface area contributed by atoms with Gasteiger partial charge in [0.1, 0.15) is 5.78 Å². The largest absolute Gasteiger partial charge is 0.416 e. The molecular weight excluding hydrogens is 459 g/mol. The van der Waals surface area contributed by atoms with E-state index >= 15 is 0 Å². The predicted octanol–water partition coefficient (Wildman–Crippen LogP) is 3.45. The van der Waals surface area contributed by atoms with Crippen LogP contribution in [0.5, 0.6) is 0 Å². The van der Waals surface area contributed by atoms with E-state index < -0.39 is 11.7 Å². The molecule has 4 rings (SSSR count). The summed E-state index contributed by atoms with van der Waals surface area (Å²) in [4.78, 5) is 26.0. The summed E-state index contributed by atoms with van der Waals surface area (Å²) in [7, 11) is 1.00. The smallest absolute Gasteiger partial charge is 0.400 e. The topological polar surface area (TPSA) is 81.7 Å². The molecule has 4 aliphatic rings. The fraction of sp³-hybridized carbons (Fsp3) is 0.692. The molecule has 35 heavy (non-hydrogen) atoms. The van der Waals surface area contributed by atoms with Gasteiger partial charge in [-0.05, 0) is 55.1 Å². The van der Waals surface area contributed by atoms with E-state index in [1.807, 2.05) is 13.8 Å². The number of piperidine rings is 1. The first-order chi connectivity index (χ1) is 16.8. The van der Waals surface area contributed by atoms with Crippen LogP contribution in [0, 0.1) is 29.6 Å². The molecular formula is C26H40F3N3O3. The van der Waals surface area contributed by atoms with E-state index in [-0.39, 0.29) is 12.5 Å². The van der Waals surface area contributed by atoms with Crippen LogP contribution in [-0.2, 0) is 9.59 Å². The zero-order valence-corrected chi connectivity index (χ0v) is 21.0. The number of carbonyl (C=O) groups is 2. The number of rotatable bonds is 8. The third-order valence-electron chi connectivity index (χ3n) is 7.51. The number of ketones is 1. The molecule has 4 atom stereocenters. The standard InChI is InChI=1S/C23H30F3N3O2.C2H6.CH4O/c1-2-3-16(23(24,25)26)4-5-28-22(31)11-27-10-19-20-12-29(13-21(19)20)17-6-14-8-18(30)9-15(14)7-17;2*1-2/h2-5,14-15,17,19-21,27H,1,6-13H2,(H,28,31);1-2H3;2H,1H3/b5-4+,16-3+;;.